The highest BCUT2D eigenvalue weighted by Gasteiger charge is 2.18. The second-order valence-corrected chi connectivity index (χ2v) is 16.5. The highest BCUT2D eigenvalue weighted by molar-refractivity contribution is 6.20. The van der Waals surface area contributed by atoms with Gasteiger partial charge in [-0.25, -0.2) is 0 Å². The van der Waals surface area contributed by atoms with E-state index in [1.807, 2.05) is 12.1 Å². The maximum absolute atomic E-state index is 6.77. The first-order valence-corrected chi connectivity index (χ1v) is 21.5. The molecule has 0 aliphatic rings. The minimum atomic E-state index is 0.879. The molecule has 0 spiro atoms. The van der Waals surface area contributed by atoms with Crippen molar-refractivity contribution in [3.05, 3.63) is 224 Å². The zero-order chi connectivity index (χ0) is 41.4. The van der Waals surface area contributed by atoms with E-state index in [4.69, 9.17) is 8.83 Å². The fourth-order valence-electron chi connectivity index (χ4n) is 9.74. The van der Waals surface area contributed by atoms with Gasteiger partial charge in [0, 0.05) is 44.0 Å². The molecule has 0 aliphatic carbocycles. The number of furan rings is 2. The Bertz CT molecular complexity index is 3910. The predicted octanol–water partition coefficient (Wildman–Crippen LogP) is 17.4. The number of nitrogens with zero attached hydrogens (tertiary/aromatic N) is 1. The monoisotopic (exact) mass is 803 g/mol. The molecule has 2 aromatic heterocycles. The molecule has 294 valence electrons. The topological polar surface area (TPSA) is 29.5 Å². The molecule has 2 heterocycles. The van der Waals surface area contributed by atoms with Crippen molar-refractivity contribution in [3.63, 3.8) is 0 Å². The van der Waals surface area contributed by atoms with Crippen molar-refractivity contribution < 1.29 is 8.83 Å². The average Bonchev–Trinajstić information content (AvgIpc) is 3.92. The molecule has 0 radical (unpaired) electrons. The van der Waals surface area contributed by atoms with Crippen molar-refractivity contribution >= 4 is 93.3 Å². The molecule has 0 fully saturated rings. The van der Waals surface area contributed by atoms with Crippen LogP contribution in [0.1, 0.15) is 0 Å². The van der Waals surface area contributed by atoms with Gasteiger partial charge >= 0.3 is 0 Å². The normalized spacial score (nSPS) is 11.8. The lowest BCUT2D eigenvalue weighted by molar-refractivity contribution is 0.669. The molecule has 0 amide bonds. The Morgan fingerprint density at radius 2 is 0.857 bits per heavy atom. The molecule has 0 bridgehead atoms. The Hall–Kier alpha value is -8.40. The van der Waals surface area contributed by atoms with Crippen LogP contribution < -0.4 is 4.90 Å². The first-order valence-electron chi connectivity index (χ1n) is 21.5. The maximum atomic E-state index is 6.77. The molecular formula is C60H37NO2. The number of fused-ring (bicyclic) bond motifs is 10. The van der Waals surface area contributed by atoms with Crippen molar-refractivity contribution in [1.29, 1.82) is 0 Å². The van der Waals surface area contributed by atoms with Crippen LogP contribution >= 0.6 is 0 Å². The minimum absolute atomic E-state index is 0.879. The van der Waals surface area contributed by atoms with Crippen LogP contribution in [0.15, 0.2) is 233 Å². The number of anilines is 3. The molecule has 0 saturated heterocycles. The first-order chi connectivity index (χ1) is 31.2. The Morgan fingerprint density at radius 3 is 1.63 bits per heavy atom. The fourth-order valence-corrected chi connectivity index (χ4v) is 9.74. The third kappa shape index (κ3) is 5.82. The third-order valence-electron chi connectivity index (χ3n) is 12.8. The maximum Gasteiger partial charge on any atom is 0.143 e. The summed E-state index contributed by atoms with van der Waals surface area (Å²) >= 11 is 0. The van der Waals surface area contributed by atoms with Crippen LogP contribution in [-0.2, 0) is 0 Å². The third-order valence-corrected chi connectivity index (χ3v) is 12.8. The predicted molar refractivity (Wildman–Crippen MR) is 265 cm³/mol. The molecule has 0 aliphatic heterocycles. The van der Waals surface area contributed by atoms with E-state index in [9.17, 15) is 0 Å². The van der Waals surface area contributed by atoms with Crippen LogP contribution in [0, 0.1) is 0 Å². The lowest BCUT2D eigenvalue weighted by Crippen LogP contribution is -2.09. The average molecular weight is 804 g/mol. The summed E-state index contributed by atoms with van der Waals surface area (Å²) in [4.78, 5) is 2.34. The van der Waals surface area contributed by atoms with Gasteiger partial charge in [0.2, 0.25) is 0 Å². The van der Waals surface area contributed by atoms with Gasteiger partial charge in [0.15, 0.2) is 0 Å². The molecule has 11 aromatic carbocycles. The van der Waals surface area contributed by atoms with E-state index in [0.717, 1.165) is 88.6 Å². The Morgan fingerprint density at radius 1 is 0.270 bits per heavy atom. The van der Waals surface area contributed by atoms with Crippen LogP contribution in [0.25, 0.3) is 110 Å². The molecule has 63 heavy (non-hydrogen) atoms. The van der Waals surface area contributed by atoms with E-state index in [-0.39, 0.29) is 0 Å². The van der Waals surface area contributed by atoms with E-state index < -0.39 is 0 Å². The molecule has 13 rings (SSSR count). The van der Waals surface area contributed by atoms with E-state index in [1.54, 1.807) is 0 Å². The largest absolute Gasteiger partial charge is 0.456 e. The lowest BCUT2D eigenvalue weighted by atomic mass is 9.94. The first kappa shape index (κ1) is 35.4. The van der Waals surface area contributed by atoms with Gasteiger partial charge in [-0.05, 0) is 133 Å². The lowest BCUT2D eigenvalue weighted by Gasteiger charge is -2.26. The SMILES string of the molecule is c1ccc2cc(-c3cc4c5ccc(-c6ccc(N(c7ccc(-c8cccc9oc%10ccccc%10c89)cc7)c7ccc8ccccc8c7)cc6)cc5oc4c4ccccc34)ccc2c1. The number of hydrogen-bond acceptors (Lipinski definition) is 3. The van der Waals surface area contributed by atoms with Crippen molar-refractivity contribution in [3.8, 4) is 33.4 Å². The Labute approximate surface area is 363 Å². The standard InChI is InChI=1S/C60H37NO2/c1-3-12-42-34-45(21-20-38(42)10-1)54-37-55-51-33-27-44(36-58(51)63-60(55)52-15-6-5-14-50(52)54)40-22-28-46(29-23-40)61(48-32-24-39-11-2-4-13-43(39)35-48)47-30-25-41(26-31-47)49-17-9-19-57-59(49)53-16-7-8-18-56(53)62-57/h1-37H. The van der Waals surface area contributed by atoms with E-state index in [1.165, 1.54) is 38.1 Å². The van der Waals surface area contributed by atoms with Crippen LogP contribution in [0.5, 0.6) is 0 Å². The molecule has 3 nitrogen and oxygen atoms in total. The Kier molecular flexibility index (Phi) is 7.91. The van der Waals surface area contributed by atoms with Crippen LogP contribution in [0.3, 0.4) is 0 Å². The summed E-state index contributed by atoms with van der Waals surface area (Å²) in [5.74, 6) is 0. The molecule has 0 N–H and O–H groups in total. The van der Waals surface area contributed by atoms with Gasteiger partial charge in [-0.1, -0.05) is 152 Å². The van der Waals surface area contributed by atoms with Crippen LogP contribution in [-0.4, -0.2) is 0 Å². The molecule has 0 unspecified atom stereocenters. The van der Waals surface area contributed by atoms with Crippen LogP contribution in [0.2, 0.25) is 0 Å². The minimum Gasteiger partial charge on any atom is -0.456 e. The van der Waals surface area contributed by atoms with Gasteiger partial charge in [-0.3, -0.25) is 0 Å². The highest BCUT2D eigenvalue weighted by atomic mass is 16.3. The van der Waals surface area contributed by atoms with Gasteiger partial charge in [0.25, 0.3) is 0 Å². The summed E-state index contributed by atoms with van der Waals surface area (Å²) in [6.45, 7) is 0. The van der Waals surface area contributed by atoms with Gasteiger partial charge in [0.05, 0.1) is 0 Å². The Balaban J connectivity index is 0.886. The van der Waals surface area contributed by atoms with Crippen molar-refractivity contribution in [2.75, 3.05) is 4.90 Å². The zero-order valence-electron chi connectivity index (χ0n) is 34.1. The second-order valence-electron chi connectivity index (χ2n) is 16.5. The van der Waals surface area contributed by atoms with Crippen molar-refractivity contribution in [2.45, 2.75) is 0 Å². The molecule has 0 saturated carbocycles. The van der Waals surface area contributed by atoms with Gasteiger partial charge in [-0.2, -0.15) is 0 Å². The molecule has 0 atom stereocenters. The summed E-state index contributed by atoms with van der Waals surface area (Å²) in [6.07, 6.45) is 0. The number of para-hydroxylation sites is 1. The van der Waals surface area contributed by atoms with E-state index >= 15 is 0 Å². The summed E-state index contributed by atoms with van der Waals surface area (Å²) in [5.41, 5.74) is 13.8. The summed E-state index contributed by atoms with van der Waals surface area (Å²) < 4.78 is 13.0. The number of hydrogen-bond donors (Lipinski definition) is 0. The van der Waals surface area contributed by atoms with E-state index in [0.29, 0.717) is 0 Å². The van der Waals surface area contributed by atoms with Crippen molar-refractivity contribution in [2.24, 2.45) is 0 Å². The molecular weight excluding hydrogens is 767 g/mol. The second kappa shape index (κ2) is 14.1. The summed E-state index contributed by atoms with van der Waals surface area (Å²) in [6, 6.07) is 80.5. The summed E-state index contributed by atoms with van der Waals surface area (Å²) in [7, 11) is 0. The van der Waals surface area contributed by atoms with Crippen LogP contribution in [0.4, 0.5) is 17.1 Å². The molecule has 3 heteroatoms. The smallest absolute Gasteiger partial charge is 0.143 e. The molecule has 13 aromatic rings. The van der Waals surface area contributed by atoms with Gasteiger partial charge in [-0.15, -0.1) is 0 Å². The van der Waals surface area contributed by atoms with Gasteiger partial charge in [0.1, 0.15) is 22.3 Å². The quantitative estimate of drug-likeness (QED) is 0.168. The highest BCUT2D eigenvalue weighted by Crippen LogP contribution is 2.43. The van der Waals surface area contributed by atoms with E-state index in [2.05, 4.69) is 217 Å². The fraction of sp³-hybridized carbons (Fsp3) is 0. The van der Waals surface area contributed by atoms with Gasteiger partial charge < -0.3 is 13.7 Å². The van der Waals surface area contributed by atoms with Crippen molar-refractivity contribution in [1.82, 2.24) is 0 Å². The summed E-state index contributed by atoms with van der Waals surface area (Å²) in [5, 5.41) is 11.7. The number of benzene rings is 11. The zero-order valence-corrected chi connectivity index (χ0v) is 34.1. The number of rotatable bonds is 6.